The van der Waals surface area contributed by atoms with Crippen LogP contribution < -0.4 is 15.4 Å². The highest BCUT2D eigenvalue weighted by Gasteiger charge is 2.02. The summed E-state index contributed by atoms with van der Waals surface area (Å²) in [5.74, 6) is 1.46. The molecule has 7 nitrogen and oxygen atoms in total. The molecule has 7 heteroatoms. The van der Waals surface area contributed by atoms with E-state index < -0.39 is 0 Å². The van der Waals surface area contributed by atoms with Crippen LogP contribution in [0.2, 0.25) is 0 Å². The largest absolute Gasteiger partial charge is 0.478 e. The average molecular weight is 351 g/mol. The molecule has 0 bridgehead atoms. The van der Waals surface area contributed by atoms with Gasteiger partial charge in [0.15, 0.2) is 5.96 Å². The van der Waals surface area contributed by atoms with E-state index in [1.165, 1.54) is 0 Å². The SMILES string of the molecule is CCCOc1ccc(CNC(=NC)NCCN(C)CCCOC)cn1. The molecule has 0 radical (unpaired) electrons. The summed E-state index contributed by atoms with van der Waals surface area (Å²) in [6.45, 7) is 7.07. The van der Waals surface area contributed by atoms with Gasteiger partial charge in [-0.3, -0.25) is 4.99 Å². The van der Waals surface area contributed by atoms with Crippen LogP contribution in [-0.4, -0.2) is 69.9 Å². The molecule has 0 aliphatic heterocycles. The summed E-state index contributed by atoms with van der Waals surface area (Å²) in [4.78, 5) is 10.8. The van der Waals surface area contributed by atoms with E-state index in [-0.39, 0.29) is 0 Å². The van der Waals surface area contributed by atoms with E-state index in [4.69, 9.17) is 9.47 Å². The molecule has 2 N–H and O–H groups in total. The number of hydrogen-bond acceptors (Lipinski definition) is 5. The molecular formula is C18H33N5O2. The first-order valence-corrected chi connectivity index (χ1v) is 8.89. The number of nitrogens with one attached hydrogen (secondary N) is 2. The van der Waals surface area contributed by atoms with E-state index in [1.54, 1.807) is 14.2 Å². The van der Waals surface area contributed by atoms with Crippen LogP contribution in [0.3, 0.4) is 0 Å². The molecule has 0 unspecified atom stereocenters. The van der Waals surface area contributed by atoms with Crippen LogP contribution in [0, 0.1) is 0 Å². The second-order valence-electron chi connectivity index (χ2n) is 5.86. The highest BCUT2D eigenvalue weighted by atomic mass is 16.5. The number of hydrogen-bond donors (Lipinski definition) is 2. The predicted octanol–water partition coefficient (Wildman–Crippen LogP) is 1.50. The van der Waals surface area contributed by atoms with Gasteiger partial charge in [0, 0.05) is 59.2 Å². The lowest BCUT2D eigenvalue weighted by molar-refractivity contribution is 0.180. The minimum atomic E-state index is 0.671. The summed E-state index contributed by atoms with van der Waals surface area (Å²) in [5, 5.41) is 6.62. The number of nitrogens with zero attached hydrogens (tertiary/aromatic N) is 3. The molecule has 1 aromatic heterocycles. The predicted molar refractivity (Wildman–Crippen MR) is 102 cm³/mol. The van der Waals surface area contributed by atoms with E-state index in [9.17, 15) is 0 Å². The summed E-state index contributed by atoms with van der Waals surface area (Å²) in [6.07, 6.45) is 3.86. The third-order valence-electron chi connectivity index (χ3n) is 3.61. The maximum absolute atomic E-state index is 5.49. The Morgan fingerprint density at radius 2 is 2.08 bits per heavy atom. The van der Waals surface area contributed by atoms with Crippen molar-refractivity contribution in [2.24, 2.45) is 4.99 Å². The van der Waals surface area contributed by atoms with Crippen LogP contribution in [0.15, 0.2) is 23.3 Å². The monoisotopic (exact) mass is 351 g/mol. The molecule has 0 spiro atoms. The topological polar surface area (TPSA) is 71.0 Å². The van der Waals surface area contributed by atoms with E-state index in [0.717, 1.165) is 50.6 Å². The number of aromatic nitrogens is 1. The van der Waals surface area contributed by atoms with E-state index in [0.29, 0.717) is 19.0 Å². The zero-order valence-corrected chi connectivity index (χ0v) is 16.0. The quantitative estimate of drug-likeness (QED) is 0.338. The van der Waals surface area contributed by atoms with Crippen molar-refractivity contribution in [1.29, 1.82) is 0 Å². The summed E-state index contributed by atoms with van der Waals surface area (Å²) >= 11 is 0. The van der Waals surface area contributed by atoms with Crippen molar-refractivity contribution in [2.45, 2.75) is 26.3 Å². The Morgan fingerprint density at radius 3 is 2.72 bits per heavy atom. The second kappa shape index (κ2) is 13.4. The fourth-order valence-electron chi connectivity index (χ4n) is 2.17. The number of aliphatic imine (C=N–C) groups is 1. The first-order chi connectivity index (χ1) is 12.2. The number of methoxy groups -OCH3 is 1. The molecule has 142 valence electrons. The number of guanidine groups is 1. The van der Waals surface area contributed by atoms with Crippen LogP contribution in [0.25, 0.3) is 0 Å². The Balaban J connectivity index is 2.25. The average Bonchev–Trinajstić information content (AvgIpc) is 2.64. The van der Waals surface area contributed by atoms with Gasteiger partial charge in [-0.15, -0.1) is 0 Å². The van der Waals surface area contributed by atoms with Crippen molar-refractivity contribution >= 4 is 5.96 Å². The summed E-state index contributed by atoms with van der Waals surface area (Å²) in [6, 6.07) is 3.92. The number of pyridine rings is 1. The lowest BCUT2D eigenvalue weighted by Gasteiger charge is -2.18. The third-order valence-corrected chi connectivity index (χ3v) is 3.61. The van der Waals surface area contributed by atoms with Crippen LogP contribution in [-0.2, 0) is 11.3 Å². The van der Waals surface area contributed by atoms with E-state index in [2.05, 4.69) is 39.5 Å². The van der Waals surface area contributed by atoms with Crippen LogP contribution in [0.1, 0.15) is 25.3 Å². The second-order valence-corrected chi connectivity index (χ2v) is 5.86. The molecule has 0 aliphatic rings. The molecule has 0 aromatic carbocycles. The number of rotatable bonds is 12. The lowest BCUT2D eigenvalue weighted by atomic mass is 10.3. The molecule has 0 saturated carbocycles. The lowest BCUT2D eigenvalue weighted by Crippen LogP contribution is -2.40. The van der Waals surface area contributed by atoms with E-state index >= 15 is 0 Å². The van der Waals surface area contributed by atoms with Crippen molar-refractivity contribution in [3.8, 4) is 5.88 Å². The van der Waals surface area contributed by atoms with Gasteiger partial charge in [0.2, 0.25) is 5.88 Å². The van der Waals surface area contributed by atoms with Crippen molar-refractivity contribution in [2.75, 3.05) is 54.1 Å². The number of ether oxygens (including phenoxy) is 2. The maximum atomic E-state index is 5.49. The fraction of sp³-hybridized carbons (Fsp3) is 0.667. The standard InChI is InChI=1S/C18H33N5O2/c1-5-12-25-17-8-7-16(14-21-17)15-22-18(19-2)20-9-11-23(3)10-6-13-24-4/h7-8,14H,5-6,9-13,15H2,1-4H3,(H2,19,20,22). The zero-order chi connectivity index (χ0) is 18.3. The highest BCUT2D eigenvalue weighted by Crippen LogP contribution is 2.07. The smallest absolute Gasteiger partial charge is 0.213 e. The van der Waals surface area contributed by atoms with Gasteiger partial charge in [0.25, 0.3) is 0 Å². The number of likely N-dealkylation sites (N-methyl/N-ethyl adjacent to an activating group) is 1. The van der Waals surface area contributed by atoms with Crippen LogP contribution in [0.5, 0.6) is 5.88 Å². The molecule has 25 heavy (non-hydrogen) atoms. The molecule has 1 rings (SSSR count). The summed E-state index contributed by atoms with van der Waals surface area (Å²) < 4.78 is 10.6. The first kappa shape index (κ1) is 21.2. The first-order valence-electron chi connectivity index (χ1n) is 8.89. The minimum Gasteiger partial charge on any atom is -0.478 e. The van der Waals surface area contributed by atoms with Gasteiger partial charge in [-0.2, -0.15) is 0 Å². The Bertz CT molecular complexity index is 479. The minimum absolute atomic E-state index is 0.671. The summed E-state index contributed by atoms with van der Waals surface area (Å²) in [5.41, 5.74) is 1.09. The van der Waals surface area contributed by atoms with Crippen molar-refractivity contribution in [3.63, 3.8) is 0 Å². The van der Waals surface area contributed by atoms with Crippen molar-refractivity contribution in [1.82, 2.24) is 20.5 Å². The van der Waals surface area contributed by atoms with Gasteiger partial charge < -0.3 is 25.0 Å². The van der Waals surface area contributed by atoms with Crippen molar-refractivity contribution < 1.29 is 9.47 Å². The Labute approximate surface area is 151 Å². The Hall–Kier alpha value is -1.86. The van der Waals surface area contributed by atoms with Gasteiger partial charge in [0.1, 0.15) is 0 Å². The Kier molecular flexibility index (Phi) is 11.4. The molecule has 0 atom stereocenters. The Morgan fingerprint density at radius 1 is 1.24 bits per heavy atom. The molecule has 0 amide bonds. The van der Waals surface area contributed by atoms with Gasteiger partial charge >= 0.3 is 0 Å². The van der Waals surface area contributed by atoms with Gasteiger partial charge in [-0.05, 0) is 25.5 Å². The van der Waals surface area contributed by atoms with E-state index in [1.807, 2.05) is 18.3 Å². The van der Waals surface area contributed by atoms with Crippen LogP contribution in [0.4, 0.5) is 0 Å². The molecule has 1 aromatic rings. The van der Waals surface area contributed by atoms with Gasteiger partial charge in [-0.1, -0.05) is 13.0 Å². The van der Waals surface area contributed by atoms with Gasteiger partial charge in [0.05, 0.1) is 6.61 Å². The molecule has 0 aliphatic carbocycles. The zero-order valence-electron chi connectivity index (χ0n) is 16.0. The van der Waals surface area contributed by atoms with Crippen molar-refractivity contribution in [3.05, 3.63) is 23.9 Å². The molecule has 0 saturated heterocycles. The molecule has 1 heterocycles. The normalized spacial score (nSPS) is 11.6. The molecular weight excluding hydrogens is 318 g/mol. The maximum Gasteiger partial charge on any atom is 0.213 e. The fourth-order valence-corrected chi connectivity index (χ4v) is 2.17. The van der Waals surface area contributed by atoms with Gasteiger partial charge in [-0.25, -0.2) is 4.98 Å². The summed E-state index contributed by atoms with van der Waals surface area (Å²) in [7, 11) is 5.62. The molecule has 0 fully saturated rings. The highest BCUT2D eigenvalue weighted by molar-refractivity contribution is 5.79. The van der Waals surface area contributed by atoms with Crippen LogP contribution >= 0.6 is 0 Å². The third kappa shape index (κ3) is 9.89.